The predicted molar refractivity (Wildman–Crippen MR) is 75.6 cm³/mol. The van der Waals surface area contributed by atoms with Crippen molar-refractivity contribution in [3.63, 3.8) is 0 Å². The first-order chi connectivity index (χ1) is 8.70. The summed E-state index contributed by atoms with van der Waals surface area (Å²) >= 11 is 0. The van der Waals surface area contributed by atoms with Crippen molar-refractivity contribution in [1.82, 2.24) is 10.3 Å². The van der Waals surface area contributed by atoms with Crippen molar-refractivity contribution in [2.24, 2.45) is 5.92 Å². The van der Waals surface area contributed by atoms with Crippen LogP contribution in [-0.2, 0) is 11.3 Å². The smallest absolute Gasteiger partial charge is 0.0618 e. The largest absolute Gasteiger partial charge is 0.383 e. The molecule has 0 aliphatic heterocycles. The molecule has 1 unspecified atom stereocenters. The van der Waals surface area contributed by atoms with Crippen LogP contribution in [0.3, 0.4) is 0 Å². The SMILES string of the molecule is COCC(NCc1ccc2[nH]ccc2c1)C(C)C. The number of H-pyrrole nitrogens is 1. The van der Waals surface area contributed by atoms with Gasteiger partial charge in [0.2, 0.25) is 0 Å². The van der Waals surface area contributed by atoms with Crippen molar-refractivity contribution in [3.8, 4) is 0 Å². The Bertz CT molecular complexity index is 490. The third kappa shape index (κ3) is 3.12. The van der Waals surface area contributed by atoms with Crippen molar-refractivity contribution < 1.29 is 4.74 Å². The third-order valence-electron chi connectivity index (χ3n) is 3.34. The van der Waals surface area contributed by atoms with Gasteiger partial charge in [0.05, 0.1) is 6.61 Å². The van der Waals surface area contributed by atoms with E-state index in [0.29, 0.717) is 12.0 Å². The van der Waals surface area contributed by atoms with Crippen LogP contribution in [0.25, 0.3) is 10.9 Å². The van der Waals surface area contributed by atoms with Gasteiger partial charge in [-0.15, -0.1) is 0 Å². The zero-order valence-corrected chi connectivity index (χ0v) is 11.4. The van der Waals surface area contributed by atoms with Crippen LogP contribution in [0.5, 0.6) is 0 Å². The minimum Gasteiger partial charge on any atom is -0.383 e. The number of nitrogens with one attached hydrogen (secondary N) is 2. The zero-order chi connectivity index (χ0) is 13.0. The molecule has 0 saturated carbocycles. The minimum absolute atomic E-state index is 0.400. The van der Waals surface area contributed by atoms with Gasteiger partial charge in [-0.1, -0.05) is 19.9 Å². The van der Waals surface area contributed by atoms with Crippen molar-refractivity contribution in [2.75, 3.05) is 13.7 Å². The van der Waals surface area contributed by atoms with Gasteiger partial charge < -0.3 is 15.0 Å². The molecule has 0 amide bonds. The number of benzene rings is 1. The van der Waals surface area contributed by atoms with Crippen LogP contribution in [0.2, 0.25) is 0 Å². The van der Waals surface area contributed by atoms with Gasteiger partial charge in [-0.3, -0.25) is 0 Å². The molecule has 1 atom stereocenters. The number of hydrogen-bond acceptors (Lipinski definition) is 2. The van der Waals surface area contributed by atoms with Gasteiger partial charge in [-0.25, -0.2) is 0 Å². The summed E-state index contributed by atoms with van der Waals surface area (Å²) in [5.74, 6) is 0.570. The summed E-state index contributed by atoms with van der Waals surface area (Å²) in [6.07, 6.45) is 1.98. The molecule has 1 aromatic carbocycles. The predicted octanol–water partition coefficient (Wildman–Crippen LogP) is 2.93. The number of ether oxygens (including phenoxy) is 1. The molecule has 0 spiro atoms. The molecule has 3 heteroatoms. The molecule has 0 bridgehead atoms. The summed E-state index contributed by atoms with van der Waals surface area (Å²) in [6, 6.07) is 9.02. The van der Waals surface area contributed by atoms with Gasteiger partial charge in [0, 0.05) is 31.4 Å². The van der Waals surface area contributed by atoms with Crippen molar-refractivity contribution >= 4 is 10.9 Å². The summed E-state index contributed by atoms with van der Waals surface area (Å²) in [6.45, 7) is 6.06. The van der Waals surface area contributed by atoms with Crippen LogP contribution in [0.15, 0.2) is 30.5 Å². The van der Waals surface area contributed by atoms with E-state index < -0.39 is 0 Å². The number of aromatic amines is 1. The first-order valence-corrected chi connectivity index (χ1v) is 6.49. The molecule has 0 fully saturated rings. The first kappa shape index (κ1) is 13.1. The van der Waals surface area contributed by atoms with Crippen molar-refractivity contribution in [1.29, 1.82) is 0 Å². The van der Waals surface area contributed by atoms with E-state index in [1.54, 1.807) is 7.11 Å². The molecule has 18 heavy (non-hydrogen) atoms. The molecule has 0 aliphatic carbocycles. The average Bonchev–Trinajstić information content (AvgIpc) is 2.81. The van der Waals surface area contributed by atoms with E-state index in [0.717, 1.165) is 13.2 Å². The second-order valence-corrected chi connectivity index (χ2v) is 5.09. The zero-order valence-electron chi connectivity index (χ0n) is 11.4. The first-order valence-electron chi connectivity index (χ1n) is 6.49. The van der Waals surface area contributed by atoms with E-state index in [2.05, 4.69) is 48.4 Å². The normalized spacial score (nSPS) is 13.3. The molecule has 0 radical (unpaired) electrons. The molecule has 0 saturated heterocycles. The van der Waals surface area contributed by atoms with E-state index in [9.17, 15) is 0 Å². The Hall–Kier alpha value is -1.32. The van der Waals surface area contributed by atoms with Crippen molar-refractivity contribution in [2.45, 2.75) is 26.4 Å². The molecule has 2 rings (SSSR count). The van der Waals surface area contributed by atoms with Gasteiger partial charge in [-0.2, -0.15) is 0 Å². The number of fused-ring (bicyclic) bond motifs is 1. The van der Waals surface area contributed by atoms with Crippen LogP contribution in [0.4, 0.5) is 0 Å². The van der Waals surface area contributed by atoms with E-state index in [4.69, 9.17) is 4.74 Å². The van der Waals surface area contributed by atoms with Crippen LogP contribution in [-0.4, -0.2) is 24.7 Å². The van der Waals surface area contributed by atoms with Crippen LogP contribution >= 0.6 is 0 Å². The summed E-state index contributed by atoms with van der Waals surface area (Å²) in [5, 5.41) is 4.82. The molecular formula is C15H22N2O. The van der Waals surface area contributed by atoms with Gasteiger partial charge in [0.15, 0.2) is 0 Å². The fraction of sp³-hybridized carbons (Fsp3) is 0.467. The van der Waals surface area contributed by atoms with Crippen molar-refractivity contribution in [3.05, 3.63) is 36.0 Å². The van der Waals surface area contributed by atoms with Gasteiger partial charge in [0.1, 0.15) is 0 Å². The molecular weight excluding hydrogens is 224 g/mol. The summed E-state index contributed by atoms with van der Waals surface area (Å²) in [4.78, 5) is 3.21. The molecule has 98 valence electrons. The number of methoxy groups -OCH3 is 1. The second kappa shape index (κ2) is 6.03. The van der Waals surface area contributed by atoms with E-state index in [1.807, 2.05) is 6.20 Å². The number of hydrogen-bond donors (Lipinski definition) is 2. The van der Waals surface area contributed by atoms with Gasteiger partial charge in [-0.05, 0) is 35.1 Å². The number of aromatic nitrogens is 1. The van der Waals surface area contributed by atoms with Crippen LogP contribution < -0.4 is 5.32 Å². The number of rotatable bonds is 6. The van der Waals surface area contributed by atoms with Crippen LogP contribution in [0.1, 0.15) is 19.4 Å². The fourth-order valence-electron chi connectivity index (χ4n) is 2.13. The lowest BCUT2D eigenvalue weighted by molar-refractivity contribution is 0.146. The Morgan fingerprint density at radius 3 is 2.83 bits per heavy atom. The maximum absolute atomic E-state index is 5.24. The Labute approximate surface area is 109 Å². The molecule has 2 aromatic rings. The third-order valence-corrected chi connectivity index (χ3v) is 3.34. The minimum atomic E-state index is 0.400. The lowest BCUT2D eigenvalue weighted by Crippen LogP contribution is -2.37. The Kier molecular flexibility index (Phi) is 4.39. The lowest BCUT2D eigenvalue weighted by atomic mass is 10.0. The standard InChI is InChI=1S/C15H22N2O/c1-11(2)15(10-18-3)17-9-12-4-5-14-13(8-12)6-7-16-14/h4-8,11,15-17H,9-10H2,1-3H3. The van der Waals surface area contributed by atoms with Gasteiger partial charge in [0.25, 0.3) is 0 Å². The average molecular weight is 246 g/mol. The quantitative estimate of drug-likeness (QED) is 0.822. The monoisotopic (exact) mass is 246 g/mol. The van der Waals surface area contributed by atoms with E-state index in [-0.39, 0.29) is 0 Å². The highest BCUT2D eigenvalue weighted by Crippen LogP contribution is 2.14. The Morgan fingerprint density at radius 2 is 2.11 bits per heavy atom. The molecule has 0 aliphatic rings. The highest BCUT2D eigenvalue weighted by atomic mass is 16.5. The summed E-state index contributed by atoms with van der Waals surface area (Å²) in [7, 11) is 1.75. The second-order valence-electron chi connectivity index (χ2n) is 5.09. The van der Waals surface area contributed by atoms with Gasteiger partial charge >= 0.3 is 0 Å². The Morgan fingerprint density at radius 1 is 1.28 bits per heavy atom. The van der Waals surface area contributed by atoms with E-state index >= 15 is 0 Å². The van der Waals surface area contributed by atoms with Crippen LogP contribution in [0, 0.1) is 5.92 Å². The highest BCUT2D eigenvalue weighted by molar-refractivity contribution is 5.79. The highest BCUT2D eigenvalue weighted by Gasteiger charge is 2.12. The molecule has 1 aromatic heterocycles. The maximum atomic E-state index is 5.24. The maximum Gasteiger partial charge on any atom is 0.0618 e. The fourth-order valence-corrected chi connectivity index (χ4v) is 2.13. The lowest BCUT2D eigenvalue weighted by Gasteiger charge is -2.21. The molecule has 1 heterocycles. The Balaban J connectivity index is 1.99. The molecule has 2 N–H and O–H groups in total. The summed E-state index contributed by atoms with van der Waals surface area (Å²) < 4.78 is 5.24. The van der Waals surface area contributed by atoms with E-state index in [1.165, 1.54) is 16.5 Å². The molecule has 3 nitrogen and oxygen atoms in total. The topological polar surface area (TPSA) is 37.0 Å². The summed E-state index contributed by atoms with van der Waals surface area (Å²) in [5.41, 5.74) is 2.50.